The zero-order valence-electron chi connectivity index (χ0n) is 37.0. The van der Waals surface area contributed by atoms with Gasteiger partial charge in [0, 0.05) is 49.7 Å². The number of allylic oxidation sites excluding steroid dienone is 14. The second-order valence-electron chi connectivity index (χ2n) is 19.7. The van der Waals surface area contributed by atoms with Gasteiger partial charge in [0.25, 0.3) is 6.71 Å². The first-order chi connectivity index (χ1) is 29.1. The van der Waals surface area contributed by atoms with E-state index in [0.29, 0.717) is 10.6 Å². The minimum Gasteiger partial charge on any atom is -0.314 e. The van der Waals surface area contributed by atoms with E-state index in [4.69, 9.17) is 0 Å². The molecule has 2 aromatic rings. The Balaban J connectivity index is 1.23. The highest BCUT2D eigenvalue weighted by atomic mass is 32.2. The molecular formula is C55H64BN2PS. The summed E-state index contributed by atoms with van der Waals surface area (Å²) in [6.45, 7) is 19.8. The molecule has 0 bridgehead atoms. The molecule has 5 atom stereocenters. The number of fused-ring (bicyclic) bond motifs is 8. The Morgan fingerprint density at radius 3 is 2.33 bits per heavy atom. The van der Waals surface area contributed by atoms with Crippen molar-refractivity contribution in [2.45, 2.75) is 128 Å². The molecule has 2 saturated carbocycles. The summed E-state index contributed by atoms with van der Waals surface area (Å²) >= 11 is 2.30. The van der Waals surface area contributed by atoms with Gasteiger partial charge in [-0.3, -0.25) is 0 Å². The topological polar surface area (TPSA) is 6.48 Å². The molecule has 0 N–H and O–H groups in total. The highest BCUT2D eigenvalue weighted by Crippen LogP contribution is 2.77. The van der Waals surface area contributed by atoms with E-state index in [1.165, 1.54) is 102 Å². The van der Waals surface area contributed by atoms with Crippen LogP contribution in [0.3, 0.4) is 0 Å². The molecule has 308 valence electrons. The van der Waals surface area contributed by atoms with Gasteiger partial charge in [-0.05, 0) is 146 Å². The molecule has 2 fully saturated rings. The molecule has 2 nitrogen and oxygen atoms in total. The van der Waals surface area contributed by atoms with E-state index >= 15 is 0 Å². The van der Waals surface area contributed by atoms with Crippen LogP contribution in [-0.2, 0) is 6.42 Å². The minimum atomic E-state index is -1.07. The van der Waals surface area contributed by atoms with Gasteiger partial charge in [0.05, 0.1) is 0 Å². The van der Waals surface area contributed by atoms with Crippen molar-refractivity contribution in [2.24, 2.45) is 10.8 Å². The zero-order chi connectivity index (χ0) is 41.4. The molecule has 0 spiro atoms. The van der Waals surface area contributed by atoms with E-state index < -0.39 is 7.55 Å². The monoisotopic (exact) mass is 826 g/mol. The second kappa shape index (κ2) is 15.2. The maximum Gasteiger partial charge on any atom is 0.259 e. The first-order valence-corrected chi connectivity index (χ1v) is 25.5. The molecular weight excluding hydrogens is 762 g/mol. The third kappa shape index (κ3) is 5.89. The summed E-state index contributed by atoms with van der Waals surface area (Å²) < 4.78 is 0.149. The molecule has 0 saturated heterocycles. The van der Waals surface area contributed by atoms with E-state index in [-0.39, 0.29) is 16.9 Å². The van der Waals surface area contributed by atoms with Crippen molar-refractivity contribution >= 4 is 48.2 Å². The molecule has 5 unspecified atom stereocenters. The van der Waals surface area contributed by atoms with Gasteiger partial charge in [-0.15, -0.1) is 11.8 Å². The van der Waals surface area contributed by atoms with Crippen molar-refractivity contribution in [2.75, 3.05) is 9.80 Å². The number of hydrogen-bond donors (Lipinski definition) is 0. The van der Waals surface area contributed by atoms with Crippen LogP contribution >= 0.6 is 19.3 Å². The van der Waals surface area contributed by atoms with E-state index in [9.17, 15) is 0 Å². The number of aryl methyl sites for hydroxylation is 1. The largest absolute Gasteiger partial charge is 0.314 e. The summed E-state index contributed by atoms with van der Waals surface area (Å²) in [5.74, 6) is 0. The van der Waals surface area contributed by atoms with Gasteiger partial charge in [-0.25, -0.2) is 0 Å². The summed E-state index contributed by atoms with van der Waals surface area (Å²) in [6.07, 6.45) is 43.2. The van der Waals surface area contributed by atoms with Crippen molar-refractivity contribution in [3.05, 3.63) is 171 Å². The van der Waals surface area contributed by atoms with Crippen LogP contribution in [-0.4, -0.2) is 21.9 Å². The number of thioether (sulfide) groups is 1. The normalized spacial score (nSPS) is 31.8. The number of rotatable bonds is 9. The fraction of sp³-hybridized carbons (Fsp3) is 0.400. The van der Waals surface area contributed by atoms with Crippen molar-refractivity contribution in [3.63, 3.8) is 0 Å². The highest BCUT2D eigenvalue weighted by molar-refractivity contribution is 8.07. The smallest absolute Gasteiger partial charge is 0.259 e. The van der Waals surface area contributed by atoms with Crippen molar-refractivity contribution in [1.29, 1.82) is 0 Å². The summed E-state index contributed by atoms with van der Waals surface area (Å²) in [4.78, 5) is 7.14. The summed E-state index contributed by atoms with van der Waals surface area (Å²) in [5, 5.41) is 3.90. The highest BCUT2D eigenvalue weighted by Gasteiger charge is 2.65. The maximum absolute atomic E-state index is 4.31. The first-order valence-electron chi connectivity index (χ1n) is 23.1. The number of hydrogen-bond acceptors (Lipinski definition) is 3. The van der Waals surface area contributed by atoms with Crippen LogP contribution in [0.25, 0.3) is 0 Å². The standard InChI is InChI=1S/C55H64BN2PS/c1-8-22-43(30-21-28-41-25-14-11-15-26-41)57-44-31-32-47-52(4)33-16-18-35-54(52,6)59(47)50(44)56-48-45(57)37-39(3)38-46(48)58(42(9-2)29-20-27-40-23-12-10-13-24-40)49-51(56)60-55(7)36-19-17-34-53(49,55)5/h8-12,14-15,20-23,25-26,29-32,37-38,59H,1,13,16-19,24,27-28,33-36H2,2-7H3/b29-20-,30-21-,42-9+,43-22+. The Morgan fingerprint density at radius 1 is 0.867 bits per heavy atom. The SMILES string of the molecule is C=C/C=C(\C=C/Cc1ccccc1)N1C2=C(B3C4=C(N(C(/C=C\CC5=CC=CCC5)=C/C)c5cc(C)cc1c53)C1(C)CCCCC1(C)S4)[PH]1=C(C=C2)C2(C)CCCCC12C. The lowest BCUT2D eigenvalue weighted by atomic mass is 9.39. The van der Waals surface area contributed by atoms with Crippen LogP contribution in [0.1, 0.15) is 116 Å². The van der Waals surface area contributed by atoms with Gasteiger partial charge in [0.1, 0.15) is 0 Å². The molecule has 60 heavy (non-hydrogen) atoms. The Bertz CT molecular complexity index is 2490. The van der Waals surface area contributed by atoms with E-state index in [1.54, 1.807) is 21.0 Å². The van der Waals surface area contributed by atoms with Gasteiger partial charge < -0.3 is 9.80 Å². The Labute approximate surface area is 366 Å². The van der Waals surface area contributed by atoms with Crippen molar-refractivity contribution < 1.29 is 0 Å². The quantitative estimate of drug-likeness (QED) is 0.141. The molecule has 8 aliphatic rings. The number of nitrogens with zero attached hydrogens (tertiary/aromatic N) is 2. The van der Waals surface area contributed by atoms with Gasteiger partial charge in [0.2, 0.25) is 0 Å². The lowest BCUT2D eigenvalue weighted by Crippen LogP contribution is -2.60. The third-order valence-electron chi connectivity index (χ3n) is 16.5. The third-order valence-corrected chi connectivity index (χ3v) is 22.5. The summed E-state index contributed by atoms with van der Waals surface area (Å²) in [6, 6.07) is 16.0. The fourth-order valence-corrected chi connectivity index (χ4v) is 19.7. The Morgan fingerprint density at radius 2 is 1.58 bits per heavy atom. The van der Waals surface area contributed by atoms with Gasteiger partial charge in [-0.1, -0.05) is 145 Å². The average Bonchev–Trinajstić information content (AvgIpc) is 3.50. The zero-order valence-corrected chi connectivity index (χ0v) is 38.9. The summed E-state index contributed by atoms with van der Waals surface area (Å²) in [7, 11) is -1.07. The van der Waals surface area contributed by atoms with Crippen LogP contribution in [0.5, 0.6) is 0 Å². The second-order valence-corrected chi connectivity index (χ2v) is 24.2. The average molecular weight is 827 g/mol. The molecule has 3 aliphatic carbocycles. The van der Waals surface area contributed by atoms with E-state index in [0.717, 1.165) is 25.7 Å². The first kappa shape index (κ1) is 40.2. The van der Waals surface area contributed by atoms with Crippen LogP contribution in [0.15, 0.2) is 160 Å². The molecule has 0 radical (unpaired) electrons. The van der Waals surface area contributed by atoms with Crippen LogP contribution in [0.4, 0.5) is 11.4 Å². The molecule has 5 heteroatoms. The molecule has 0 amide bonds. The predicted molar refractivity (Wildman–Crippen MR) is 267 cm³/mol. The maximum atomic E-state index is 4.31. The Kier molecular flexibility index (Phi) is 10.2. The van der Waals surface area contributed by atoms with E-state index in [2.05, 4.69) is 179 Å². The molecule has 0 aromatic heterocycles. The fourth-order valence-electron chi connectivity index (χ4n) is 12.9. The number of anilines is 2. The minimum absolute atomic E-state index is 0.0644. The van der Waals surface area contributed by atoms with Gasteiger partial charge in [0.15, 0.2) is 0 Å². The van der Waals surface area contributed by atoms with Crippen molar-refractivity contribution in [3.8, 4) is 0 Å². The Hall–Kier alpha value is -3.85. The predicted octanol–water partition coefficient (Wildman–Crippen LogP) is 14.2. The molecule has 2 aromatic carbocycles. The van der Waals surface area contributed by atoms with Crippen LogP contribution < -0.4 is 15.3 Å². The van der Waals surface area contributed by atoms with E-state index in [1.807, 2.05) is 6.08 Å². The molecule has 5 aliphatic heterocycles. The van der Waals surface area contributed by atoms with Crippen molar-refractivity contribution in [1.82, 2.24) is 0 Å². The molecule has 5 heterocycles. The van der Waals surface area contributed by atoms with Crippen LogP contribution in [0, 0.1) is 17.8 Å². The lowest BCUT2D eigenvalue weighted by molar-refractivity contribution is 0.209. The summed E-state index contributed by atoms with van der Waals surface area (Å²) in [5.41, 5.74) is 14.4. The van der Waals surface area contributed by atoms with Gasteiger partial charge >= 0.3 is 0 Å². The lowest BCUT2D eigenvalue weighted by Gasteiger charge is -2.65. The van der Waals surface area contributed by atoms with Gasteiger partial charge in [-0.2, -0.15) is 0 Å². The number of benzene rings is 2. The molecule has 10 rings (SSSR count). The van der Waals surface area contributed by atoms with Crippen LogP contribution in [0.2, 0.25) is 0 Å².